The Morgan fingerprint density at radius 1 is 1.47 bits per heavy atom. The van der Waals surface area contributed by atoms with Gasteiger partial charge in [0.2, 0.25) is 0 Å². The van der Waals surface area contributed by atoms with Gasteiger partial charge in [-0.25, -0.2) is 4.79 Å². The summed E-state index contributed by atoms with van der Waals surface area (Å²) < 4.78 is 5.28. The standard InChI is InChI=1S/C13H22N2O4/c1-9-5-10(9)7-14(2)13(18)15-3-4-19-8-11(15)6-12(16)17/h9-11H,3-8H2,1-2H3,(H,16,17). The molecule has 1 N–H and O–H groups in total. The van der Waals surface area contributed by atoms with Gasteiger partial charge in [-0.1, -0.05) is 6.92 Å². The van der Waals surface area contributed by atoms with E-state index in [2.05, 4.69) is 6.92 Å². The molecule has 1 aliphatic heterocycles. The van der Waals surface area contributed by atoms with Crippen LogP contribution >= 0.6 is 0 Å². The van der Waals surface area contributed by atoms with E-state index in [1.165, 1.54) is 6.42 Å². The molecule has 108 valence electrons. The molecule has 2 amide bonds. The minimum Gasteiger partial charge on any atom is -0.481 e. The Balaban J connectivity index is 1.92. The number of ether oxygens (including phenoxy) is 1. The molecule has 0 radical (unpaired) electrons. The highest BCUT2D eigenvalue weighted by molar-refractivity contribution is 5.76. The van der Waals surface area contributed by atoms with E-state index in [4.69, 9.17) is 9.84 Å². The number of nitrogens with zero attached hydrogens (tertiary/aromatic N) is 2. The van der Waals surface area contributed by atoms with Crippen molar-refractivity contribution in [1.82, 2.24) is 9.80 Å². The molecule has 1 aliphatic carbocycles. The van der Waals surface area contributed by atoms with Crippen LogP contribution in [0.3, 0.4) is 0 Å². The lowest BCUT2D eigenvalue weighted by Crippen LogP contribution is -2.53. The van der Waals surface area contributed by atoms with Crippen LogP contribution in [0.2, 0.25) is 0 Å². The molecule has 2 fully saturated rings. The molecule has 0 bridgehead atoms. The van der Waals surface area contributed by atoms with Crippen molar-refractivity contribution in [3.8, 4) is 0 Å². The Morgan fingerprint density at radius 3 is 2.74 bits per heavy atom. The molecule has 1 saturated carbocycles. The number of morpholine rings is 1. The van der Waals surface area contributed by atoms with Crippen LogP contribution in [-0.2, 0) is 9.53 Å². The first-order valence-electron chi connectivity index (χ1n) is 6.80. The van der Waals surface area contributed by atoms with Gasteiger partial charge in [0.1, 0.15) is 0 Å². The number of amides is 2. The first-order valence-corrected chi connectivity index (χ1v) is 6.80. The monoisotopic (exact) mass is 270 g/mol. The van der Waals surface area contributed by atoms with Gasteiger partial charge in [-0.15, -0.1) is 0 Å². The van der Waals surface area contributed by atoms with Crippen molar-refractivity contribution in [2.75, 3.05) is 33.4 Å². The Morgan fingerprint density at radius 2 is 2.16 bits per heavy atom. The maximum absolute atomic E-state index is 12.4. The molecule has 2 rings (SSSR count). The van der Waals surface area contributed by atoms with Gasteiger partial charge in [-0.3, -0.25) is 4.79 Å². The quantitative estimate of drug-likeness (QED) is 0.823. The molecule has 2 aliphatic rings. The van der Waals surface area contributed by atoms with E-state index in [1.807, 2.05) is 0 Å². The zero-order chi connectivity index (χ0) is 14.0. The maximum atomic E-state index is 12.4. The first kappa shape index (κ1) is 14.1. The number of hydrogen-bond acceptors (Lipinski definition) is 3. The summed E-state index contributed by atoms with van der Waals surface area (Å²) in [6, 6.07) is -0.425. The molecule has 0 aromatic heterocycles. The van der Waals surface area contributed by atoms with Crippen molar-refractivity contribution in [3.05, 3.63) is 0 Å². The second kappa shape index (κ2) is 5.77. The van der Waals surface area contributed by atoms with Crippen molar-refractivity contribution in [3.63, 3.8) is 0 Å². The van der Waals surface area contributed by atoms with Crippen molar-refractivity contribution >= 4 is 12.0 Å². The summed E-state index contributed by atoms with van der Waals surface area (Å²) in [6.07, 6.45) is 1.12. The smallest absolute Gasteiger partial charge is 0.320 e. The van der Waals surface area contributed by atoms with Crippen LogP contribution in [0.25, 0.3) is 0 Å². The Labute approximate surface area is 113 Å². The van der Waals surface area contributed by atoms with Gasteiger partial charge in [-0.05, 0) is 18.3 Å². The summed E-state index contributed by atoms with van der Waals surface area (Å²) in [6.45, 7) is 4.21. The summed E-state index contributed by atoms with van der Waals surface area (Å²) in [5.41, 5.74) is 0. The molecule has 3 atom stereocenters. The van der Waals surface area contributed by atoms with Gasteiger partial charge >= 0.3 is 12.0 Å². The van der Waals surface area contributed by atoms with Gasteiger partial charge in [0.15, 0.2) is 0 Å². The second-order valence-electron chi connectivity index (χ2n) is 5.66. The highest BCUT2D eigenvalue weighted by Gasteiger charge is 2.36. The number of hydrogen-bond donors (Lipinski definition) is 1. The number of carboxylic acids is 1. The number of rotatable bonds is 4. The molecular formula is C13H22N2O4. The van der Waals surface area contributed by atoms with Crippen molar-refractivity contribution in [2.24, 2.45) is 11.8 Å². The molecule has 0 aromatic carbocycles. The van der Waals surface area contributed by atoms with Crippen LogP contribution in [0.4, 0.5) is 4.79 Å². The van der Waals surface area contributed by atoms with Crippen LogP contribution in [0.5, 0.6) is 0 Å². The molecule has 6 heteroatoms. The SMILES string of the molecule is CC1CC1CN(C)C(=O)N1CCOCC1CC(=O)O. The molecule has 0 aromatic rings. The third kappa shape index (κ3) is 3.59. The second-order valence-corrected chi connectivity index (χ2v) is 5.66. The summed E-state index contributed by atoms with van der Waals surface area (Å²) in [4.78, 5) is 26.6. The number of carbonyl (C=O) groups is 2. The summed E-state index contributed by atoms with van der Waals surface area (Å²) in [5, 5.41) is 8.89. The van der Waals surface area contributed by atoms with Gasteiger partial charge in [0.05, 0.1) is 25.7 Å². The summed E-state index contributed by atoms with van der Waals surface area (Å²) in [7, 11) is 1.79. The molecule has 0 spiro atoms. The Hall–Kier alpha value is -1.30. The van der Waals surface area contributed by atoms with Gasteiger partial charge < -0.3 is 19.6 Å². The fourth-order valence-corrected chi connectivity index (χ4v) is 2.58. The minimum atomic E-state index is -0.897. The lowest BCUT2D eigenvalue weighted by atomic mass is 10.1. The molecule has 1 heterocycles. The third-order valence-electron chi connectivity index (χ3n) is 3.99. The molecule has 6 nitrogen and oxygen atoms in total. The fraction of sp³-hybridized carbons (Fsp3) is 0.846. The molecule has 3 unspecified atom stereocenters. The number of aliphatic carboxylic acids is 1. The molecule has 1 saturated heterocycles. The van der Waals surface area contributed by atoms with Crippen molar-refractivity contribution < 1.29 is 19.4 Å². The number of carboxylic acid groups (broad SMARTS) is 1. The van der Waals surface area contributed by atoms with E-state index < -0.39 is 5.97 Å². The Kier molecular flexibility index (Phi) is 4.29. The van der Waals surface area contributed by atoms with Crippen molar-refractivity contribution in [1.29, 1.82) is 0 Å². The van der Waals surface area contributed by atoms with Crippen LogP contribution in [0.15, 0.2) is 0 Å². The topological polar surface area (TPSA) is 70.1 Å². The van der Waals surface area contributed by atoms with Crippen LogP contribution < -0.4 is 0 Å². The molecular weight excluding hydrogens is 248 g/mol. The summed E-state index contributed by atoms with van der Waals surface area (Å²) in [5.74, 6) is 0.412. The average Bonchev–Trinajstić information content (AvgIpc) is 3.04. The maximum Gasteiger partial charge on any atom is 0.320 e. The predicted octanol–water partition coefficient (Wildman–Crippen LogP) is 0.870. The van der Waals surface area contributed by atoms with Crippen LogP contribution in [0, 0.1) is 11.8 Å². The Bertz CT molecular complexity index is 361. The molecule has 19 heavy (non-hydrogen) atoms. The zero-order valence-electron chi connectivity index (χ0n) is 11.5. The van der Waals surface area contributed by atoms with E-state index in [9.17, 15) is 9.59 Å². The first-order chi connectivity index (χ1) is 8.99. The van der Waals surface area contributed by atoms with E-state index in [0.717, 1.165) is 6.54 Å². The zero-order valence-corrected chi connectivity index (χ0v) is 11.5. The van der Waals surface area contributed by atoms with Crippen molar-refractivity contribution in [2.45, 2.75) is 25.8 Å². The average molecular weight is 270 g/mol. The van der Waals surface area contributed by atoms with Crippen LogP contribution in [0.1, 0.15) is 19.8 Å². The minimum absolute atomic E-state index is 0.0561. The van der Waals surface area contributed by atoms with E-state index in [0.29, 0.717) is 31.6 Å². The van der Waals surface area contributed by atoms with E-state index in [1.54, 1.807) is 16.8 Å². The van der Waals surface area contributed by atoms with Gasteiger partial charge in [0, 0.05) is 20.1 Å². The lowest BCUT2D eigenvalue weighted by molar-refractivity contribution is -0.139. The summed E-state index contributed by atoms with van der Waals surface area (Å²) >= 11 is 0. The third-order valence-corrected chi connectivity index (χ3v) is 3.99. The fourth-order valence-electron chi connectivity index (χ4n) is 2.58. The van der Waals surface area contributed by atoms with Crippen LogP contribution in [-0.4, -0.2) is 66.3 Å². The number of urea groups is 1. The normalized spacial score (nSPS) is 30.0. The highest BCUT2D eigenvalue weighted by atomic mass is 16.5. The largest absolute Gasteiger partial charge is 0.481 e. The van der Waals surface area contributed by atoms with E-state index in [-0.39, 0.29) is 18.5 Å². The predicted molar refractivity (Wildman–Crippen MR) is 68.9 cm³/mol. The lowest BCUT2D eigenvalue weighted by Gasteiger charge is -2.37. The van der Waals surface area contributed by atoms with E-state index >= 15 is 0 Å². The highest BCUT2D eigenvalue weighted by Crippen LogP contribution is 2.38. The van der Waals surface area contributed by atoms with Gasteiger partial charge in [0.25, 0.3) is 0 Å². The number of carbonyl (C=O) groups excluding carboxylic acids is 1. The van der Waals surface area contributed by atoms with Gasteiger partial charge in [-0.2, -0.15) is 0 Å².